The lowest BCUT2D eigenvalue weighted by Crippen LogP contribution is -2.39. The fourth-order valence-electron chi connectivity index (χ4n) is 3.75. The normalized spacial score (nSPS) is 17.0. The van der Waals surface area contributed by atoms with Gasteiger partial charge in [-0.1, -0.05) is 29.8 Å². The molecular weight excluding hydrogens is 390 g/mol. The van der Waals surface area contributed by atoms with Crippen LogP contribution in [0.2, 0.25) is 5.02 Å². The number of anilines is 1. The van der Waals surface area contributed by atoms with E-state index in [0.29, 0.717) is 42.9 Å². The molecule has 6 nitrogen and oxygen atoms in total. The fourth-order valence-corrected chi connectivity index (χ4v) is 3.95. The maximum Gasteiger partial charge on any atom is 0.319 e. The van der Waals surface area contributed by atoms with Crippen LogP contribution >= 0.6 is 11.6 Å². The lowest BCUT2D eigenvalue weighted by molar-refractivity contribution is 0.171. The predicted octanol–water partition coefficient (Wildman–Crippen LogP) is 4.14. The van der Waals surface area contributed by atoms with E-state index in [1.54, 1.807) is 6.07 Å². The zero-order valence-corrected chi connectivity index (χ0v) is 17.1. The molecule has 2 aromatic carbocycles. The van der Waals surface area contributed by atoms with Crippen molar-refractivity contribution in [2.75, 3.05) is 38.2 Å². The number of likely N-dealkylation sites (tertiary alicyclic amines) is 1. The molecule has 1 saturated heterocycles. The highest BCUT2D eigenvalue weighted by atomic mass is 35.5. The van der Waals surface area contributed by atoms with Crippen molar-refractivity contribution in [2.45, 2.75) is 19.4 Å². The first-order chi connectivity index (χ1) is 14.2. The maximum absolute atomic E-state index is 12.2. The molecule has 7 heteroatoms. The van der Waals surface area contributed by atoms with Crippen molar-refractivity contribution < 1.29 is 14.3 Å². The Kier molecular flexibility index (Phi) is 6.42. The topological polar surface area (TPSA) is 62.8 Å². The maximum atomic E-state index is 12.2. The summed E-state index contributed by atoms with van der Waals surface area (Å²) >= 11 is 6.27. The van der Waals surface area contributed by atoms with Gasteiger partial charge in [0.2, 0.25) is 0 Å². The third-order valence-electron chi connectivity index (χ3n) is 5.41. The number of nitrogens with one attached hydrogen (secondary N) is 2. The van der Waals surface area contributed by atoms with E-state index < -0.39 is 0 Å². The monoisotopic (exact) mass is 415 g/mol. The van der Waals surface area contributed by atoms with Gasteiger partial charge in [-0.25, -0.2) is 4.79 Å². The van der Waals surface area contributed by atoms with Crippen molar-refractivity contribution in [3.05, 3.63) is 53.1 Å². The van der Waals surface area contributed by atoms with Crippen LogP contribution in [0.25, 0.3) is 0 Å². The molecular formula is C22H26ClN3O3. The molecule has 0 aliphatic carbocycles. The van der Waals surface area contributed by atoms with Gasteiger partial charge >= 0.3 is 6.03 Å². The van der Waals surface area contributed by atoms with Crippen LogP contribution in [0.15, 0.2) is 42.5 Å². The van der Waals surface area contributed by atoms with Gasteiger partial charge in [-0.2, -0.15) is 0 Å². The van der Waals surface area contributed by atoms with Gasteiger partial charge in [0.05, 0.1) is 0 Å². The number of ether oxygens (including phenoxy) is 2. The summed E-state index contributed by atoms with van der Waals surface area (Å²) in [5, 5.41) is 6.69. The smallest absolute Gasteiger partial charge is 0.319 e. The van der Waals surface area contributed by atoms with Crippen LogP contribution in [0, 0.1) is 5.92 Å². The highest BCUT2D eigenvalue weighted by Crippen LogP contribution is 2.32. The number of carbonyl (C=O) groups excluding carboxylic acids is 1. The largest absolute Gasteiger partial charge is 0.486 e. The first-order valence-corrected chi connectivity index (χ1v) is 10.5. The first-order valence-electron chi connectivity index (χ1n) is 10.1. The molecule has 0 saturated carbocycles. The Hall–Kier alpha value is -2.44. The molecule has 29 heavy (non-hydrogen) atoms. The summed E-state index contributed by atoms with van der Waals surface area (Å²) in [5.41, 5.74) is 1.87. The number of carbonyl (C=O) groups is 1. The van der Waals surface area contributed by atoms with Gasteiger partial charge in [0.15, 0.2) is 11.5 Å². The zero-order chi connectivity index (χ0) is 20.1. The van der Waals surface area contributed by atoms with Crippen molar-refractivity contribution >= 4 is 23.3 Å². The summed E-state index contributed by atoms with van der Waals surface area (Å²) < 4.78 is 11.0. The average Bonchev–Trinajstić information content (AvgIpc) is 2.75. The van der Waals surface area contributed by atoms with Crippen LogP contribution < -0.4 is 20.1 Å². The molecule has 2 heterocycles. The lowest BCUT2D eigenvalue weighted by atomic mass is 9.96. The van der Waals surface area contributed by atoms with E-state index in [-0.39, 0.29) is 6.03 Å². The Labute approximate surface area is 176 Å². The molecule has 2 aromatic rings. The van der Waals surface area contributed by atoms with E-state index in [0.717, 1.165) is 37.5 Å². The van der Waals surface area contributed by atoms with Crippen LogP contribution in [0.4, 0.5) is 10.5 Å². The molecule has 2 N–H and O–H groups in total. The van der Waals surface area contributed by atoms with Crippen molar-refractivity contribution in [1.29, 1.82) is 0 Å². The van der Waals surface area contributed by atoms with Gasteiger partial charge in [0.1, 0.15) is 13.2 Å². The second-order valence-corrected chi connectivity index (χ2v) is 7.91. The summed E-state index contributed by atoms with van der Waals surface area (Å²) in [5.74, 6) is 1.87. The average molecular weight is 416 g/mol. The molecule has 1 fully saturated rings. The quantitative estimate of drug-likeness (QED) is 0.770. The molecule has 154 valence electrons. The van der Waals surface area contributed by atoms with Crippen LogP contribution in [0.3, 0.4) is 0 Å². The fraction of sp³-hybridized carbons (Fsp3) is 0.409. The van der Waals surface area contributed by atoms with Crippen LogP contribution in [-0.2, 0) is 6.54 Å². The Morgan fingerprint density at radius 1 is 1.07 bits per heavy atom. The summed E-state index contributed by atoms with van der Waals surface area (Å²) in [7, 11) is 0. The Morgan fingerprint density at radius 3 is 2.62 bits per heavy atom. The van der Waals surface area contributed by atoms with E-state index in [4.69, 9.17) is 21.1 Å². The summed E-state index contributed by atoms with van der Waals surface area (Å²) in [6.45, 7) is 4.67. The second kappa shape index (κ2) is 9.37. The predicted molar refractivity (Wildman–Crippen MR) is 114 cm³/mol. The van der Waals surface area contributed by atoms with Crippen molar-refractivity contribution in [3.8, 4) is 11.5 Å². The lowest BCUT2D eigenvalue weighted by Gasteiger charge is -2.32. The molecule has 0 unspecified atom stereocenters. The Morgan fingerprint density at radius 2 is 1.83 bits per heavy atom. The zero-order valence-electron chi connectivity index (χ0n) is 16.3. The van der Waals surface area contributed by atoms with Crippen LogP contribution in [0.1, 0.15) is 18.4 Å². The van der Waals surface area contributed by atoms with Gasteiger partial charge in [0.25, 0.3) is 0 Å². The number of nitrogens with zero attached hydrogens (tertiary/aromatic N) is 1. The molecule has 0 spiro atoms. The van der Waals surface area contributed by atoms with Crippen molar-refractivity contribution in [2.24, 2.45) is 5.92 Å². The van der Waals surface area contributed by atoms with Crippen molar-refractivity contribution in [3.63, 3.8) is 0 Å². The minimum absolute atomic E-state index is 0.194. The van der Waals surface area contributed by atoms with E-state index in [1.807, 2.05) is 30.3 Å². The Balaban J connectivity index is 1.19. The number of benzene rings is 2. The summed E-state index contributed by atoms with van der Waals surface area (Å²) in [6.07, 6.45) is 2.13. The van der Waals surface area contributed by atoms with Crippen molar-refractivity contribution in [1.82, 2.24) is 10.2 Å². The number of piperidine rings is 1. The van der Waals surface area contributed by atoms with E-state index in [1.165, 1.54) is 5.56 Å². The minimum Gasteiger partial charge on any atom is -0.486 e. The molecule has 2 aliphatic rings. The number of amides is 2. The highest BCUT2D eigenvalue weighted by Gasteiger charge is 2.20. The molecule has 0 bridgehead atoms. The number of hydrogen-bond donors (Lipinski definition) is 2. The Bertz CT molecular complexity index is 853. The number of urea groups is 1. The molecule has 4 rings (SSSR count). The molecule has 0 aromatic heterocycles. The third-order valence-corrected chi connectivity index (χ3v) is 5.78. The van der Waals surface area contributed by atoms with E-state index >= 15 is 0 Å². The second-order valence-electron chi connectivity index (χ2n) is 7.50. The molecule has 0 atom stereocenters. The summed E-state index contributed by atoms with van der Waals surface area (Å²) in [4.78, 5) is 14.7. The van der Waals surface area contributed by atoms with Crippen LogP contribution in [-0.4, -0.2) is 43.8 Å². The summed E-state index contributed by atoms with van der Waals surface area (Å²) in [6, 6.07) is 13.2. The van der Waals surface area contributed by atoms with Gasteiger partial charge in [0, 0.05) is 29.9 Å². The van der Waals surface area contributed by atoms with E-state index in [9.17, 15) is 4.79 Å². The standard InChI is InChI=1S/C22H26ClN3O3/c23-19-4-2-1-3-17(19)15-26-9-7-16(8-10-26)14-24-22(27)25-18-5-6-20-21(13-18)29-12-11-28-20/h1-6,13,16H,7-12,14-15H2,(H2,24,25,27). The number of halogens is 1. The first kappa shape index (κ1) is 19.9. The van der Waals surface area contributed by atoms with E-state index in [2.05, 4.69) is 21.6 Å². The van der Waals surface area contributed by atoms with Gasteiger partial charge < -0.3 is 20.1 Å². The SMILES string of the molecule is O=C(NCC1CCN(Cc2ccccc2Cl)CC1)Nc1ccc2c(c1)OCCO2. The number of fused-ring (bicyclic) bond motifs is 1. The highest BCUT2D eigenvalue weighted by molar-refractivity contribution is 6.31. The molecule has 2 aliphatic heterocycles. The third kappa shape index (κ3) is 5.34. The molecule has 0 radical (unpaired) electrons. The minimum atomic E-state index is -0.194. The van der Waals surface area contributed by atoms with Gasteiger partial charge in [-0.15, -0.1) is 0 Å². The number of rotatable bonds is 5. The number of hydrogen-bond acceptors (Lipinski definition) is 4. The van der Waals surface area contributed by atoms with Crippen LogP contribution in [0.5, 0.6) is 11.5 Å². The molecule has 2 amide bonds. The van der Waals surface area contributed by atoms with Gasteiger partial charge in [-0.3, -0.25) is 4.90 Å². The van der Waals surface area contributed by atoms with Gasteiger partial charge in [-0.05, 0) is 55.6 Å².